The van der Waals surface area contributed by atoms with Crippen molar-refractivity contribution in [3.8, 4) is 0 Å². The topological polar surface area (TPSA) is 35.6 Å². The predicted octanol–water partition coefficient (Wildman–Crippen LogP) is 5.36. The SMILES string of the molecule is C=C/C=C\C(=C)N1CNC(=O)C12CCN(CCCC(c1ccc(F)cc1)c1ccc(F)cc1)CC2. The van der Waals surface area contributed by atoms with Gasteiger partial charge in [-0.15, -0.1) is 0 Å². The number of nitrogens with one attached hydrogen (secondary N) is 1. The number of nitrogens with zero attached hydrogens (tertiary/aromatic N) is 2. The lowest BCUT2D eigenvalue weighted by molar-refractivity contribution is -0.128. The van der Waals surface area contributed by atoms with Crippen LogP contribution in [0.25, 0.3) is 0 Å². The summed E-state index contributed by atoms with van der Waals surface area (Å²) < 4.78 is 27.0. The Bertz CT molecular complexity index is 1020. The Labute approximate surface area is 206 Å². The molecule has 2 aromatic rings. The van der Waals surface area contributed by atoms with Crippen molar-refractivity contribution in [3.05, 3.63) is 108 Å². The van der Waals surface area contributed by atoms with Gasteiger partial charge in [-0.3, -0.25) is 4.79 Å². The van der Waals surface area contributed by atoms with Crippen molar-refractivity contribution >= 4 is 5.91 Å². The Balaban J connectivity index is 1.37. The first-order valence-corrected chi connectivity index (χ1v) is 12.2. The summed E-state index contributed by atoms with van der Waals surface area (Å²) in [6.45, 7) is 10.9. The normalized spacial score (nSPS) is 17.9. The lowest BCUT2D eigenvalue weighted by atomic mass is 9.85. The first kappa shape index (κ1) is 24.9. The van der Waals surface area contributed by atoms with E-state index in [0.29, 0.717) is 6.67 Å². The zero-order chi connectivity index (χ0) is 24.8. The summed E-state index contributed by atoms with van der Waals surface area (Å²) in [7, 11) is 0. The molecule has 0 radical (unpaired) electrons. The van der Waals surface area contributed by atoms with E-state index in [2.05, 4.69) is 28.3 Å². The Hall–Kier alpha value is -3.25. The lowest BCUT2D eigenvalue weighted by Gasteiger charge is -2.43. The quantitative estimate of drug-likeness (QED) is 0.494. The van der Waals surface area contributed by atoms with Crippen molar-refractivity contribution in [2.75, 3.05) is 26.3 Å². The summed E-state index contributed by atoms with van der Waals surface area (Å²) in [5.41, 5.74) is 2.34. The molecule has 2 fully saturated rings. The molecule has 4 nitrogen and oxygen atoms in total. The first-order valence-electron chi connectivity index (χ1n) is 12.2. The first-order chi connectivity index (χ1) is 16.9. The van der Waals surface area contributed by atoms with Gasteiger partial charge >= 0.3 is 0 Å². The van der Waals surface area contributed by atoms with Crippen LogP contribution in [0.1, 0.15) is 42.7 Å². The third-order valence-corrected chi connectivity index (χ3v) is 7.30. The van der Waals surface area contributed by atoms with Gasteiger partial charge in [0.25, 0.3) is 0 Å². The molecule has 2 aliphatic heterocycles. The van der Waals surface area contributed by atoms with E-state index in [4.69, 9.17) is 0 Å². The van der Waals surface area contributed by atoms with E-state index < -0.39 is 5.54 Å². The van der Waals surface area contributed by atoms with Crippen LogP contribution in [-0.4, -0.2) is 47.5 Å². The molecule has 4 rings (SSSR count). The maximum absolute atomic E-state index is 13.5. The highest BCUT2D eigenvalue weighted by Gasteiger charge is 2.50. The second-order valence-corrected chi connectivity index (χ2v) is 9.35. The number of halogens is 2. The maximum Gasteiger partial charge on any atom is 0.247 e. The van der Waals surface area contributed by atoms with Crippen molar-refractivity contribution in [2.24, 2.45) is 0 Å². The van der Waals surface area contributed by atoms with Crippen LogP contribution in [0.15, 0.2) is 85.6 Å². The number of piperidine rings is 1. The van der Waals surface area contributed by atoms with Gasteiger partial charge in [-0.05, 0) is 73.7 Å². The molecule has 0 atom stereocenters. The molecule has 35 heavy (non-hydrogen) atoms. The second kappa shape index (κ2) is 11.0. The number of hydrogen-bond acceptors (Lipinski definition) is 3. The molecule has 1 amide bonds. The van der Waals surface area contributed by atoms with E-state index in [1.807, 2.05) is 36.4 Å². The molecule has 2 aromatic carbocycles. The largest absolute Gasteiger partial charge is 0.340 e. The minimum atomic E-state index is -0.538. The van der Waals surface area contributed by atoms with Gasteiger partial charge < -0.3 is 15.1 Å². The number of hydrogen-bond donors (Lipinski definition) is 1. The van der Waals surface area contributed by atoms with Crippen molar-refractivity contribution < 1.29 is 13.6 Å². The summed E-state index contributed by atoms with van der Waals surface area (Å²) in [5, 5.41) is 3.00. The van der Waals surface area contributed by atoms with Crippen molar-refractivity contribution in [2.45, 2.75) is 37.1 Å². The number of likely N-dealkylation sites (tertiary alicyclic amines) is 1. The van der Waals surface area contributed by atoms with Crippen LogP contribution in [0.3, 0.4) is 0 Å². The molecule has 2 aliphatic rings. The van der Waals surface area contributed by atoms with E-state index in [-0.39, 0.29) is 23.5 Å². The summed E-state index contributed by atoms with van der Waals surface area (Å²) in [6, 6.07) is 13.2. The molecule has 0 aromatic heterocycles. The average Bonchev–Trinajstić information content (AvgIpc) is 3.18. The number of rotatable bonds is 9. The van der Waals surface area contributed by atoms with Crippen molar-refractivity contribution in [1.82, 2.24) is 15.1 Å². The predicted molar refractivity (Wildman–Crippen MR) is 136 cm³/mol. The third kappa shape index (κ3) is 5.54. The molecule has 2 heterocycles. The summed E-state index contributed by atoms with van der Waals surface area (Å²) in [4.78, 5) is 17.3. The van der Waals surface area contributed by atoms with Gasteiger partial charge in [-0.25, -0.2) is 8.78 Å². The van der Waals surface area contributed by atoms with Gasteiger partial charge in [0.15, 0.2) is 0 Å². The van der Waals surface area contributed by atoms with E-state index in [1.165, 1.54) is 24.3 Å². The molecule has 0 unspecified atom stereocenters. The van der Waals surface area contributed by atoms with Gasteiger partial charge in [-0.2, -0.15) is 0 Å². The van der Waals surface area contributed by atoms with Crippen LogP contribution in [0.2, 0.25) is 0 Å². The molecule has 2 saturated heterocycles. The lowest BCUT2D eigenvalue weighted by Crippen LogP contribution is -2.55. The van der Waals surface area contributed by atoms with Crippen LogP contribution < -0.4 is 5.32 Å². The standard InChI is InChI=1S/C29H33F2N3O/c1-3-4-6-22(2)34-21-32-28(35)29(34)16-19-33(20-17-29)18-5-7-27(23-8-12-25(30)13-9-23)24-10-14-26(31)15-11-24/h3-4,6,8-15,27H,1-2,5,7,16-21H2,(H,32,35)/b6-4-. The van der Waals surface area contributed by atoms with Crippen LogP contribution in [0.5, 0.6) is 0 Å². The molecule has 1 N–H and O–H groups in total. The minimum absolute atomic E-state index is 0.0726. The highest BCUT2D eigenvalue weighted by molar-refractivity contribution is 5.89. The summed E-state index contributed by atoms with van der Waals surface area (Å²) >= 11 is 0. The number of carbonyl (C=O) groups is 1. The highest BCUT2D eigenvalue weighted by Crippen LogP contribution is 2.36. The number of benzene rings is 2. The molecular formula is C29H33F2N3O. The van der Waals surface area contributed by atoms with Gasteiger partial charge in [0, 0.05) is 24.7 Å². The molecule has 1 spiro atoms. The fraction of sp³-hybridized carbons (Fsp3) is 0.345. The molecule has 6 heteroatoms. The molecular weight excluding hydrogens is 444 g/mol. The van der Waals surface area contributed by atoms with E-state index >= 15 is 0 Å². The second-order valence-electron chi connectivity index (χ2n) is 9.35. The van der Waals surface area contributed by atoms with Crippen molar-refractivity contribution in [3.63, 3.8) is 0 Å². The fourth-order valence-corrected chi connectivity index (χ4v) is 5.31. The zero-order valence-electron chi connectivity index (χ0n) is 20.1. The molecule has 0 bridgehead atoms. The Morgan fingerprint density at radius 2 is 1.60 bits per heavy atom. The van der Waals surface area contributed by atoms with Gasteiger partial charge in [0.2, 0.25) is 5.91 Å². The number of carbonyl (C=O) groups excluding carboxylic acids is 1. The molecule has 184 valence electrons. The van der Waals surface area contributed by atoms with E-state index in [1.54, 1.807) is 6.08 Å². The maximum atomic E-state index is 13.5. The minimum Gasteiger partial charge on any atom is -0.340 e. The Morgan fingerprint density at radius 3 is 2.14 bits per heavy atom. The van der Waals surface area contributed by atoms with Crippen LogP contribution >= 0.6 is 0 Å². The molecule has 0 aliphatic carbocycles. The number of allylic oxidation sites excluding steroid dienone is 3. The van der Waals surface area contributed by atoms with Gasteiger partial charge in [0.05, 0.1) is 6.67 Å². The summed E-state index contributed by atoms with van der Waals surface area (Å²) in [6.07, 6.45) is 8.75. The monoisotopic (exact) mass is 477 g/mol. The fourth-order valence-electron chi connectivity index (χ4n) is 5.31. The molecule has 0 saturated carbocycles. The van der Waals surface area contributed by atoms with Crippen LogP contribution in [0, 0.1) is 11.6 Å². The van der Waals surface area contributed by atoms with E-state index in [9.17, 15) is 13.6 Å². The van der Waals surface area contributed by atoms with Gasteiger partial charge in [-0.1, -0.05) is 49.6 Å². The zero-order valence-corrected chi connectivity index (χ0v) is 20.1. The van der Waals surface area contributed by atoms with E-state index in [0.717, 1.165) is 62.1 Å². The number of amides is 1. The third-order valence-electron chi connectivity index (χ3n) is 7.30. The highest BCUT2D eigenvalue weighted by atomic mass is 19.1. The van der Waals surface area contributed by atoms with Crippen LogP contribution in [0.4, 0.5) is 8.78 Å². The Kier molecular flexibility index (Phi) is 7.81. The van der Waals surface area contributed by atoms with Gasteiger partial charge in [0.1, 0.15) is 17.2 Å². The van der Waals surface area contributed by atoms with Crippen LogP contribution in [-0.2, 0) is 4.79 Å². The smallest absolute Gasteiger partial charge is 0.247 e. The average molecular weight is 478 g/mol. The van der Waals surface area contributed by atoms with Crippen molar-refractivity contribution in [1.29, 1.82) is 0 Å². The summed E-state index contributed by atoms with van der Waals surface area (Å²) in [5.74, 6) is -0.371. The Morgan fingerprint density at radius 1 is 1.03 bits per heavy atom.